The Kier molecular flexibility index (Phi) is 4.42. The Balaban J connectivity index is 1.35. The molecule has 1 aromatic carbocycles. The lowest BCUT2D eigenvalue weighted by molar-refractivity contribution is -0.228. The Hall–Kier alpha value is -1.29. The van der Waals surface area contributed by atoms with E-state index in [-0.39, 0.29) is 24.2 Å². The number of hydrogen-bond donors (Lipinski definition) is 0. The van der Waals surface area contributed by atoms with Crippen LogP contribution in [0.1, 0.15) is 27.7 Å². The van der Waals surface area contributed by atoms with E-state index in [0.717, 1.165) is 10.2 Å². The molecule has 3 aliphatic heterocycles. The average molecular weight is 407 g/mol. The fourth-order valence-corrected chi connectivity index (χ4v) is 4.93. The molecule has 3 saturated heterocycles. The lowest BCUT2D eigenvalue weighted by Crippen LogP contribution is -2.41. The number of nitrogens with zero attached hydrogens (tertiary/aromatic N) is 1. The van der Waals surface area contributed by atoms with Gasteiger partial charge in [-0.05, 0) is 39.8 Å². The van der Waals surface area contributed by atoms with E-state index in [1.165, 1.54) is 11.3 Å². The molecular weight excluding hydrogens is 382 g/mol. The third-order valence-corrected chi connectivity index (χ3v) is 6.24. The van der Waals surface area contributed by atoms with E-state index in [0.29, 0.717) is 18.4 Å². The Morgan fingerprint density at radius 1 is 1.07 bits per heavy atom. The zero-order valence-electron chi connectivity index (χ0n) is 16.4. The summed E-state index contributed by atoms with van der Waals surface area (Å²) in [7, 11) is 0. The minimum Gasteiger partial charge on any atom is -0.470 e. The maximum absolute atomic E-state index is 6.21. The topological polar surface area (TPSA) is 68.3 Å². The predicted molar refractivity (Wildman–Crippen MR) is 102 cm³/mol. The third kappa shape index (κ3) is 3.42. The van der Waals surface area contributed by atoms with Gasteiger partial charge < -0.3 is 28.4 Å². The van der Waals surface area contributed by atoms with Crippen molar-refractivity contribution in [3.63, 3.8) is 0 Å². The molecule has 0 N–H and O–H groups in total. The number of para-hydroxylation sites is 1. The van der Waals surface area contributed by atoms with Crippen molar-refractivity contribution in [2.24, 2.45) is 5.92 Å². The van der Waals surface area contributed by atoms with E-state index >= 15 is 0 Å². The van der Waals surface area contributed by atoms with Gasteiger partial charge in [0.15, 0.2) is 17.9 Å². The lowest BCUT2D eigenvalue weighted by Gasteiger charge is -2.28. The Bertz CT molecular complexity index is 834. The maximum Gasteiger partial charge on any atom is 0.274 e. The smallest absolute Gasteiger partial charge is 0.274 e. The molecule has 5 unspecified atom stereocenters. The second-order valence-electron chi connectivity index (χ2n) is 8.36. The molecular formula is C20H25NO6S. The molecule has 3 fully saturated rings. The van der Waals surface area contributed by atoms with Crippen molar-refractivity contribution in [2.75, 3.05) is 13.2 Å². The summed E-state index contributed by atoms with van der Waals surface area (Å²) in [6.07, 6.45) is -1.08. The summed E-state index contributed by atoms with van der Waals surface area (Å²) in [6.45, 7) is 8.49. The van der Waals surface area contributed by atoms with E-state index in [9.17, 15) is 0 Å². The van der Waals surface area contributed by atoms with Gasteiger partial charge in [-0.3, -0.25) is 0 Å². The molecule has 5 atom stereocenters. The van der Waals surface area contributed by atoms with Gasteiger partial charge in [0.05, 0.1) is 35.5 Å². The minimum atomic E-state index is -0.680. The van der Waals surface area contributed by atoms with Crippen molar-refractivity contribution < 1.29 is 28.4 Å². The first-order valence-corrected chi connectivity index (χ1v) is 10.4. The second kappa shape index (κ2) is 6.62. The summed E-state index contributed by atoms with van der Waals surface area (Å²) in [5, 5.41) is 0.644. The zero-order chi connectivity index (χ0) is 19.5. The van der Waals surface area contributed by atoms with Crippen LogP contribution in [0.25, 0.3) is 10.2 Å². The Morgan fingerprint density at radius 2 is 1.89 bits per heavy atom. The molecule has 0 spiro atoms. The fourth-order valence-electron chi connectivity index (χ4n) is 4.11. The maximum atomic E-state index is 6.21. The molecule has 28 heavy (non-hydrogen) atoms. The Morgan fingerprint density at radius 3 is 2.64 bits per heavy atom. The monoisotopic (exact) mass is 407 g/mol. The van der Waals surface area contributed by atoms with Crippen LogP contribution in [0.15, 0.2) is 24.3 Å². The number of thiazole rings is 1. The lowest BCUT2D eigenvalue weighted by atomic mass is 9.95. The highest BCUT2D eigenvalue weighted by molar-refractivity contribution is 7.20. The number of benzene rings is 1. The highest BCUT2D eigenvalue weighted by Gasteiger charge is 2.58. The molecule has 0 radical (unpaired) electrons. The molecule has 4 heterocycles. The van der Waals surface area contributed by atoms with Gasteiger partial charge in [0, 0.05) is 0 Å². The third-order valence-electron chi connectivity index (χ3n) is 5.29. The van der Waals surface area contributed by atoms with Gasteiger partial charge in [-0.25, -0.2) is 4.98 Å². The van der Waals surface area contributed by atoms with Gasteiger partial charge in [0.2, 0.25) is 0 Å². The van der Waals surface area contributed by atoms with Crippen molar-refractivity contribution in [3.8, 4) is 5.19 Å². The van der Waals surface area contributed by atoms with Crippen LogP contribution >= 0.6 is 11.3 Å². The van der Waals surface area contributed by atoms with E-state index < -0.39 is 17.9 Å². The van der Waals surface area contributed by atoms with Crippen LogP contribution in [0, 0.1) is 5.92 Å². The molecule has 0 bridgehead atoms. The van der Waals surface area contributed by atoms with Crippen molar-refractivity contribution in [2.45, 2.75) is 63.9 Å². The van der Waals surface area contributed by atoms with E-state index in [1.54, 1.807) is 0 Å². The average Bonchev–Trinajstić information content (AvgIpc) is 3.33. The van der Waals surface area contributed by atoms with Gasteiger partial charge in [0.25, 0.3) is 5.19 Å². The summed E-state index contributed by atoms with van der Waals surface area (Å²) >= 11 is 1.54. The van der Waals surface area contributed by atoms with Crippen LogP contribution in [-0.4, -0.2) is 54.4 Å². The fraction of sp³-hybridized carbons (Fsp3) is 0.650. The molecule has 3 aliphatic rings. The van der Waals surface area contributed by atoms with Gasteiger partial charge in [-0.1, -0.05) is 23.5 Å². The number of aromatic nitrogens is 1. The first-order chi connectivity index (χ1) is 13.3. The molecule has 0 amide bonds. The van der Waals surface area contributed by atoms with Gasteiger partial charge in [-0.2, -0.15) is 0 Å². The molecule has 8 heteroatoms. The second-order valence-corrected chi connectivity index (χ2v) is 9.35. The summed E-state index contributed by atoms with van der Waals surface area (Å²) in [5.74, 6) is -1.35. The molecule has 0 saturated carbocycles. The van der Waals surface area contributed by atoms with E-state index in [2.05, 4.69) is 4.98 Å². The van der Waals surface area contributed by atoms with Crippen LogP contribution in [0.5, 0.6) is 5.19 Å². The van der Waals surface area contributed by atoms with Crippen molar-refractivity contribution in [3.05, 3.63) is 24.3 Å². The predicted octanol–water partition coefficient (Wildman–Crippen LogP) is 3.32. The van der Waals surface area contributed by atoms with Gasteiger partial charge in [-0.15, -0.1) is 0 Å². The van der Waals surface area contributed by atoms with E-state index in [1.807, 2.05) is 52.0 Å². The number of hydrogen-bond acceptors (Lipinski definition) is 8. The van der Waals surface area contributed by atoms with Crippen LogP contribution in [0.3, 0.4) is 0 Å². The van der Waals surface area contributed by atoms with Crippen molar-refractivity contribution in [1.82, 2.24) is 4.98 Å². The molecule has 152 valence electrons. The van der Waals surface area contributed by atoms with Crippen LogP contribution in [0.4, 0.5) is 0 Å². The molecule has 7 nitrogen and oxygen atoms in total. The molecule has 5 rings (SSSR count). The number of ether oxygens (including phenoxy) is 6. The first-order valence-electron chi connectivity index (χ1n) is 9.61. The van der Waals surface area contributed by atoms with E-state index in [4.69, 9.17) is 28.4 Å². The summed E-state index contributed by atoms with van der Waals surface area (Å²) in [6, 6.07) is 8.00. The number of rotatable bonds is 4. The SMILES string of the molecule is CC1(C)OCC(C2OC3OC(C)(C)OC3C2COc2nc3ccccc3s2)O1. The van der Waals surface area contributed by atoms with Crippen molar-refractivity contribution in [1.29, 1.82) is 0 Å². The van der Waals surface area contributed by atoms with Gasteiger partial charge >= 0.3 is 0 Å². The molecule has 1 aromatic heterocycles. The summed E-state index contributed by atoms with van der Waals surface area (Å²) in [5.41, 5.74) is 0.940. The molecule has 2 aromatic rings. The summed E-state index contributed by atoms with van der Waals surface area (Å²) < 4.78 is 37.3. The standard InChI is InChI=1S/C20H25NO6S/c1-19(2)23-10-13(25-19)15-11(16-17(24-15)27-20(3,4)26-16)9-22-18-21-12-7-5-6-8-14(12)28-18/h5-8,11,13,15-17H,9-10H2,1-4H3. The highest BCUT2D eigenvalue weighted by atomic mass is 32.1. The highest BCUT2D eigenvalue weighted by Crippen LogP contribution is 2.44. The first kappa shape index (κ1) is 18.7. The van der Waals surface area contributed by atoms with Gasteiger partial charge in [0.1, 0.15) is 12.2 Å². The molecule has 0 aliphatic carbocycles. The quantitative estimate of drug-likeness (QED) is 0.770. The van der Waals surface area contributed by atoms with Crippen LogP contribution in [0.2, 0.25) is 0 Å². The normalized spacial score (nSPS) is 36.1. The summed E-state index contributed by atoms with van der Waals surface area (Å²) in [4.78, 5) is 4.56. The van der Waals surface area contributed by atoms with Crippen molar-refractivity contribution >= 4 is 21.6 Å². The Labute approximate surface area is 167 Å². The number of fused-ring (bicyclic) bond motifs is 2. The zero-order valence-corrected chi connectivity index (χ0v) is 17.2. The van der Waals surface area contributed by atoms with Crippen LogP contribution < -0.4 is 4.74 Å². The van der Waals surface area contributed by atoms with Crippen LogP contribution in [-0.2, 0) is 23.7 Å². The largest absolute Gasteiger partial charge is 0.470 e. The minimum absolute atomic E-state index is 0.0544.